The number of aliphatic carboxylic acids is 1. The first-order valence-electron chi connectivity index (χ1n) is 4.19. The number of benzene rings is 1. The highest BCUT2D eigenvalue weighted by atomic mass is 19.1. The first-order chi connectivity index (χ1) is 7.60. The fourth-order valence-electron chi connectivity index (χ4n) is 1.11. The molecule has 0 aliphatic carbocycles. The monoisotopic (exact) mass is 219 g/mol. The second-order valence-corrected chi connectivity index (χ2v) is 2.83. The maximum atomic E-state index is 13.5. The van der Waals surface area contributed by atoms with Gasteiger partial charge in [-0.15, -0.1) is 0 Å². The van der Waals surface area contributed by atoms with E-state index in [1.165, 1.54) is 12.1 Å². The molecular weight excluding hydrogens is 213 g/mol. The lowest BCUT2D eigenvalue weighted by atomic mass is 10.0. The first kappa shape index (κ1) is 11.6. The summed E-state index contributed by atoms with van der Waals surface area (Å²) in [6.07, 6.45) is 2.14. The second kappa shape index (κ2) is 4.84. The summed E-state index contributed by atoms with van der Waals surface area (Å²) in [7, 11) is 0. The molecule has 1 aromatic carbocycles. The fourth-order valence-corrected chi connectivity index (χ4v) is 1.11. The van der Waals surface area contributed by atoms with Gasteiger partial charge in [-0.25, -0.2) is 9.18 Å². The van der Waals surface area contributed by atoms with Crippen LogP contribution in [0.2, 0.25) is 0 Å². The van der Waals surface area contributed by atoms with Crippen LogP contribution in [0, 0.1) is 17.1 Å². The lowest BCUT2D eigenvalue weighted by Crippen LogP contribution is -1.96. The smallest absolute Gasteiger partial charge is 0.328 e. The van der Waals surface area contributed by atoms with Gasteiger partial charge in [0.2, 0.25) is 0 Å². The van der Waals surface area contributed by atoms with Crippen molar-refractivity contribution in [1.29, 1.82) is 5.26 Å². The molecule has 1 N–H and O–H groups in total. The van der Waals surface area contributed by atoms with Crippen molar-refractivity contribution in [2.24, 2.45) is 0 Å². The van der Waals surface area contributed by atoms with Crippen LogP contribution in [0.5, 0.6) is 0 Å². The molecule has 0 bridgehead atoms. The number of nitrogens with zero attached hydrogens (tertiary/aromatic N) is 1. The molecule has 0 atom stereocenters. The third-order valence-electron chi connectivity index (χ3n) is 1.85. The van der Waals surface area contributed by atoms with Crippen molar-refractivity contribution < 1.29 is 19.1 Å². The molecule has 0 unspecified atom stereocenters. The van der Waals surface area contributed by atoms with E-state index in [-0.39, 0.29) is 16.7 Å². The number of carbonyl (C=O) groups is 2. The highest BCUT2D eigenvalue weighted by Crippen LogP contribution is 2.17. The SMILES string of the molecule is N#Cc1c(C=O)ccc(/C=C/C(=O)O)c1F. The summed E-state index contributed by atoms with van der Waals surface area (Å²) in [6, 6.07) is 4.05. The van der Waals surface area contributed by atoms with Crippen molar-refractivity contribution in [1.82, 2.24) is 0 Å². The minimum Gasteiger partial charge on any atom is -0.478 e. The molecule has 0 fully saturated rings. The predicted octanol–water partition coefficient (Wildman–Crippen LogP) is 1.61. The molecule has 0 aliphatic rings. The molecule has 0 spiro atoms. The molecule has 0 amide bonds. The topological polar surface area (TPSA) is 78.2 Å². The summed E-state index contributed by atoms with van der Waals surface area (Å²) >= 11 is 0. The minimum absolute atomic E-state index is 0.0513. The van der Waals surface area contributed by atoms with Crippen LogP contribution < -0.4 is 0 Å². The summed E-state index contributed by atoms with van der Waals surface area (Å²) in [6.45, 7) is 0. The molecule has 4 nitrogen and oxygen atoms in total. The van der Waals surface area contributed by atoms with E-state index >= 15 is 0 Å². The third-order valence-corrected chi connectivity index (χ3v) is 1.85. The molecule has 0 saturated heterocycles. The molecule has 0 aliphatic heterocycles. The van der Waals surface area contributed by atoms with Crippen molar-refractivity contribution in [3.63, 3.8) is 0 Å². The number of carbonyl (C=O) groups excluding carboxylic acids is 1. The van der Waals surface area contributed by atoms with E-state index < -0.39 is 11.8 Å². The lowest BCUT2D eigenvalue weighted by molar-refractivity contribution is -0.131. The van der Waals surface area contributed by atoms with Gasteiger partial charge < -0.3 is 5.11 Å². The number of hydrogen-bond acceptors (Lipinski definition) is 3. The second-order valence-electron chi connectivity index (χ2n) is 2.83. The normalized spacial score (nSPS) is 10.0. The van der Waals surface area contributed by atoms with Crippen LogP contribution in [0.4, 0.5) is 4.39 Å². The van der Waals surface area contributed by atoms with Crippen molar-refractivity contribution >= 4 is 18.3 Å². The van der Waals surface area contributed by atoms with Gasteiger partial charge in [0.25, 0.3) is 0 Å². The highest BCUT2D eigenvalue weighted by molar-refractivity contribution is 5.86. The molecule has 0 saturated carbocycles. The average Bonchev–Trinajstić information content (AvgIpc) is 2.26. The number of carboxylic acids is 1. The number of nitriles is 1. The Morgan fingerprint density at radius 3 is 2.56 bits per heavy atom. The molecule has 1 aromatic rings. The van der Waals surface area contributed by atoms with Gasteiger partial charge >= 0.3 is 5.97 Å². The van der Waals surface area contributed by atoms with Gasteiger partial charge in [0.1, 0.15) is 11.9 Å². The maximum Gasteiger partial charge on any atom is 0.328 e. The van der Waals surface area contributed by atoms with Crippen molar-refractivity contribution in [2.45, 2.75) is 0 Å². The van der Waals surface area contributed by atoms with E-state index in [4.69, 9.17) is 10.4 Å². The van der Waals surface area contributed by atoms with Crippen LogP contribution in [0.1, 0.15) is 21.5 Å². The summed E-state index contributed by atoms with van der Waals surface area (Å²) in [5.41, 5.74) is -0.500. The van der Waals surface area contributed by atoms with Gasteiger partial charge in [-0.2, -0.15) is 5.26 Å². The zero-order chi connectivity index (χ0) is 12.1. The van der Waals surface area contributed by atoms with E-state index in [1.807, 2.05) is 0 Å². The Morgan fingerprint density at radius 1 is 1.44 bits per heavy atom. The van der Waals surface area contributed by atoms with Gasteiger partial charge in [-0.05, 0) is 12.1 Å². The Kier molecular flexibility index (Phi) is 3.51. The number of carboxylic acid groups (broad SMARTS) is 1. The molecule has 1 rings (SSSR count). The van der Waals surface area contributed by atoms with E-state index in [1.54, 1.807) is 6.07 Å². The Morgan fingerprint density at radius 2 is 2.06 bits per heavy atom. The van der Waals surface area contributed by atoms with Gasteiger partial charge in [0.15, 0.2) is 6.29 Å². The highest BCUT2D eigenvalue weighted by Gasteiger charge is 2.11. The Bertz CT molecular complexity index is 515. The molecule has 0 radical (unpaired) electrons. The van der Waals surface area contributed by atoms with Gasteiger partial charge in [0.05, 0.1) is 5.56 Å². The van der Waals surface area contributed by atoms with Crippen molar-refractivity contribution in [3.8, 4) is 6.07 Å². The zero-order valence-corrected chi connectivity index (χ0v) is 7.98. The van der Waals surface area contributed by atoms with Crippen LogP contribution in [0.15, 0.2) is 18.2 Å². The number of rotatable bonds is 3. The van der Waals surface area contributed by atoms with Crippen molar-refractivity contribution in [3.05, 3.63) is 40.7 Å². The van der Waals surface area contributed by atoms with Gasteiger partial charge in [-0.3, -0.25) is 4.79 Å². The van der Waals surface area contributed by atoms with Crippen molar-refractivity contribution in [2.75, 3.05) is 0 Å². The molecule has 5 heteroatoms. The molecule has 16 heavy (non-hydrogen) atoms. The molecular formula is C11H6FNO3. The van der Waals surface area contributed by atoms with E-state index in [9.17, 15) is 14.0 Å². The minimum atomic E-state index is -1.22. The number of halogens is 1. The third kappa shape index (κ3) is 2.30. The quantitative estimate of drug-likeness (QED) is 0.618. The standard InChI is InChI=1S/C11H6FNO3/c12-11-7(3-4-10(15)16)1-2-8(6-14)9(11)5-13/h1-4,6H,(H,15,16)/b4-3+. The Labute approximate surface area is 90.2 Å². The number of hydrogen-bond donors (Lipinski definition) is 1. The first-order valence-corrected chi connectivity index (χ1v) is 4.19. The molecule has 0 aromatic heterocycles. The van der Waals surface area contributed by atoms with Crippen LogP contribution >= 0.6 is 0 Å². The summed E-state index contributed by atoms with van der Waals surface area (Å²) in [5, 5.41) is 17.0. The zero-order valence-electron chi connectivity index (χ0n) is 7.98. The van der Waals surface area contributed by atoms with E-state index in [0.717, 1.165) is 12.2 Å². The summed E-state index contributed by atoms with van der Waals surface area (Å²) in [5.74, 6) is -2.12. The van der Waals surface area contributed by atoms with E-state index in [2.05, 4.69) is 0 Å². The van der Waals surface area contributed by atoms with Gasteiger partial charge in [0, 0.05) is 17.2 Å². The Hall–Kier alpha value is -2.48. The largest absolute Gasteiger partial charge is 0.478 e. The van der Waals surface area contributed by atoms with Crippen LogP contribution in [-0.4, -0.2) is 17.4 Å². The lowest BCUT2D eigenvalue weighted by Gasteiger charge is -2.01. The summed E-state index contributed by atoms with van der Waals surface area (Å²) < 4.78 is 13.5. The fraction of sp³-hybridized carbons (Fsp3) is 0. The maximum absolute atomic E-state index is 13.5. The molecule has 0 heterocycles. The van der Waals surface area contributed by atoms with E-state index in [0.29, 0.717) is 6.29 Å². The predicted molar refractivity (Wildman–Crippen MR) is 53.2 cm³/mol. The summed E-state index contributed by atoms with van der Waals surface area (Å²) in [4.78, 5) is 20.7. The van der Waals surface area contributed by atoms with Crippen LogP contribution in [-0.2, 0) is 4.79 Å². The van der Waals surface area contributed by atoms with Gasteiger partial charge in [-0.1, -0.05) is 6.07 Å². The van der Waals surface area contributed by atoms with Crippen LogP contribution in [0.25, 0.3) is 6.08 Å². The average molecular weight is 219 g/mol. The van der Waals surface area contributed by atoms with Crippen LogP contribution in [0.3, 0.4) is 0 Å². The number of aldehydes is 1. The molecule has 80 valence electrons. The Balaban J connectivity index is 3.31.